The van der Waals surface area contributed by atoms with Crippen LogP contribution in [-0.4, -0.2) is 30.0 Å². The van der Waals surface area contributed by atoms with Gasteiger partial charge < -0.3 is 15.0 Å². The first kappa shape index (κ1) is 15.1. The van der Waals surface area contributed by atoms with Gasteiger partial charge in [-0.05, 0) is 18.6 Å². The van der Waals surface area contributed by atoms with E-state index in [4.69, 9.17) is 4.74 Å². The second-order valence-corrected chi connectivity index (χ2v) is 4.93. The van der Waals surface area contributed by atoms with Crippen molar-refractivity contribution in [2.75, 3.05) is 13.2 Å². The summed E-state index contributed by atoms with van der Waals surface area (Å²) in [6.07, 6.45) is 2.15. The number of fused-ring (bicyclic) bond motifs is 1. The first-order valence-electron chi connectivity index (χ1n) is 7.08. The highest BCUT2D eigenvalue weighted by atomic mass is 16.5. The van der Waals surface area contributed by atoms with E-state index in [0.717, 1.165) is 16.5 Å². The molecule has 112 valence electrons. The molecule has 1 aromatic heterocycles. The number of carbonyl (C=O) groups excluding carboxylic acids is 2. The molecule has 2 aromatic rings. The molecule has 21 heavy (non-hydrogen) atoms. The van der Waals surface area contributed by atoms with E-state index in [1.807, 2.05) is 30.5 Å². The maximum absolute atomic E-state index is 11.8. The van der Waals surface area contributed by atoms with Gasteiger partial charge in [0.1, 0.15) is 0 Å². The fraction of sp³-hybridized carbons (Fsp3) is 0.375. The highest BCUT2D eigenvalue weighted by Crippen LogP contribution is 2.27. The van der Waals surface area contributed by atoms with Crippen LogP contribution in [0.25, 0.3) is 10.9 Å². The Morgan fingerprint density at radius 3 is 2.81 bits per heavy atom. The lowest BCUT2D eigenvalue weighted by molar-refractivity contribution is -0.143. The van der Waals surface area contributed by atoms with Crippen LogP contribution in [0, 0.1) is 0 Å². The molecule has 0 spiro atoms. The van der Waals surface area contributed by atoms with Gasteiger partial charge in [0.25, 0.3) is 0 Å². The normalized spacial score (nSPS) is 12.1. The fourth-order valence-corrected chi connectivity index (χ4v) is 2.41. The number of benzene rings is 1. The van der Waals surface area contributed by atoms with Gasteiger partial charge in [0.15, 0.2) is 0 Å². The SMILES string of the molecule is CCOC(=O)CC(CNC(C)=O)c1c[nH]c2ccccc12. The minimum absolute atomic E-state index is 0.107. The average molecular weight is 288 g/mol. The predicted molar refractivity (Wildman–Crippen MR) is 81.0 cm³/mol. The number of aromatic nitrogens is 1. The van der Waals surface area contributed by atoms with E-state index in [9.17, 15) is 9.59 Å². The number of hydrogen-bond donors (Lipinski definition) is 2. The number of hydrogen-bond acceptors (Lipinski definition) is 3. The maximum atomic E-state index is 11.8. The van der Waals surface area contributed by atoms with Crippen molar-refractivity contribution in [3.05, 3.63) is 36.0 Å². The van der Waals surface area contributed by atoms with E-state index >= 15 is 0 Å². The van der Waals surface area contributed by atoms with Gasteiger partial charge in [-0.1, -0.05) is 18.2 Å². The quantitative estimate of drug-likeness (QED) is 0.801. The van der Waals surface area contributed by atoms with Crippen molar-refractivity contribution in [3.8, 4) is 0 Å². The summed E-state index contributed by atoms with van der Waals surface area (Å²) in [5.41, 5.74) is 2.04. The van der Waals surface area contributed by atoms with Gasteiger partial charge in [0.2, 0.25) is 5.91 Å². The molecule has 2 rings (SSSR count). The van der Waals surface area contributed by atoms with Gasteiger partial charge >= 0.3 is 5.97 Å². The molecule has 1 heterocycles. The molecule has 5 nitrogen and oxygen atoms in total. The molecule has 0 aliphatic carbocycles. The zero-order valence-electron chi connectivity index (χ0n) is 12.3. The summed E-state index contributed by atoms with van der Waals surface area (Å²) < 4.78 is 5.03. The van der Waals surface area contributed by atoms with E-state index in [1.54, 1.807) is 6.92 Å². The monoisotopic (exact) mass is 288 g/mol. The predicted octanol–water partition coefficient (Wildman–Crippen LogP) is 2.34. The Morgan fingerprint density at radius 1 is 1.33 bits per heavy atom. The first-order chi connectivity index (χ1) is 10.1. The van der Waals surface area contributed by atoms with Crippen molar-refractivity contribution in [1.29, 1.82) is 0 Å². The summed E-state index contributed by atoms with van der Waals surface area (Å²) in [5, 5.41) is 3.85. The van der Waals surface area contributed by atoms with Crippen molar-refractivity contribution in [2.24, 2.45) is 0 Å². The zero-order valence-corrected chi connectivity index (χ0v) is 12.3. The second-order valence-electron chi connectivity index (χ2n) is 4.93. The number of aromatic amines is 1. The van der Waals surface area contributed by atoms with E-state index in [1.165, 1.54) is 6.92 Å². The lowest BCUT2D eigenvalue weighted by atomic mass is 9.95. The van der Waals surface area contributed by atoms with Crippen LogP contribution in [0.4, 0.5) is 0 Å². The second kappa shape index (κ2) is 6.92. The molecule has 0 fully saturated rings. The van der Waals surface area contributed by atoms with Crippen molar-refractivity contribution < 1.29 is 14.3 Å². The number of amides is 1. The number of rotatable bonds is 6. The van der Waals surface area contributed by atoms with Gasteiger partial charge in [0.05, 0.1) is 13.0 Å². The molecule has 1 atom stereocenters. The highest BCUT2D eigenvalue weighted by Gasteiger charge is 2.20. The molecule has 0 aliphatic rings. The van der Waals surface area contributed by atoms with Gasteiger partial charge in [-0.2, -0.15) is 0 Å². The molecule has 1 unspecified atom stereocenters. The Labute approximate surface area is 123 Å². The van der Waals surface area contributed by atoms with E-state index in [2.05, 4.69) is 10.3 Å². The molecule has 0 radical (unpaired) electrons. The average Bonchev–Trinajstić information content (AvgIpc) is 2.87. The molecule has 1 aromatic carbocycles. The minimum Gasteiger partial charge on any atom is -0.466 e. The summed E-state index contributed by atoms with van der Waals surface area (Å²) in [5.74, 6) is -0.467. The van der Waals surface area contributed by atoms with Crippen LogP contribution in [0.1, 0.15) is 31.7 Å². The molecule has 2 N–H and O–H groups in total. The molecular weight excluding hydrogens is 268 g/mol. The number of ether oxygens (including phenoxy) is 1. The van der Waals surface area contributed by atoms with Crippen molar-refractivity contribution in [1.82, 2.24) is 10.3 Å². The van der Waals surface area contributed by atoms with Gasteiger partial charge in [0, 0.05) is 36.5 Å². The van der Waals surface area contributed by atoms with Crippen LogP contribution in [-0.2, 0) is 14.3 Å². The lowest BCUT2D eigenvalue weighted by Crippen LogP contribution is -2.27. The fourth-order valence-electron chi connectivity index (χ4n) is 2.41. The molecule has 0 bridgehead atoms. The molecule has 0 saturated heterocycles. The minimum atomic E-state index is -0.252. The molecule has 1 amide bonds. The number of nitrogens with one attached hydrogen (secondary N) is 2. The Kier molecular flexibility index (Phi) is 4.98. The van der Waals surface area contributed by atoms with Crippen LogP contribution < -0.4 is 5.32 Å². The summed E-state index contributed by atoms with van der Waals surface area (Å²) in [6, 6.07) is 7.90. The van der Waals surface area contributed by atoms with Gasteiger partial charge in [-0.25, -0.2) is 0 Å². The topological polar surface area (TPSA) is 71.2 Å². The summed E-state index contributed by atoms with van der Waals surface area (Å²) in [7, 11) is 0. The first-order valence-corrected chi connectivity index (χ1v) is 7.08. The van der Waals surface area contributed by atoms with Gasteiger partial charge in [-0.15, -0.1) is 0 Å². The Balaban J connectivity index is 2.24. The largest absolute Gasteiger partial charge is 0.466 e. The van der Waals surface area contributed by atoms with Crippen LogP contribution in [0.3, 0.4) is 0 Å². The Morgan fingerprint density at radius 2 is 2.10 bits per heavy atom. The number of carbonyl (C=O) groups is 2. The summed E-state index contributed by atoms with van der Waals surface area (Å²) in [6.45, 7) is 4.03. The Hall–Kier alpha value is -2.30. The summed E-state index contributed by atoms with van der Waals surface area (Å²) in [4.78, 5) is 26.1. The Bertz CT molecular complexity index is 633. The smallest absolute Gasteiger partial charge is 0.306 e. The van der Waals surface area contributed by atoms with Crippen LogP contribution in [0.5, 0.6) is 0 Å². The van der Waals surface area contributed by atoms with Crippen molar-refractivity contribution in [3.63, 3.8) is 0 Å². The number of esters is 1. The molecule has 0 aliphatic heterocycles. The number of H-pyrrole nitrogens is 1. The third-order valence-corrected chi connectivity index (χ3v) is 3.38. The molecule has 0 saturated carbocycles. The van der Waals surface area contributed by atoms with Crippen LogP contribution in [0.15, 0.2) is 30.5 Å². The van der Waals surface area contributed by atoms with Crippen LogP contribution >= 0.6 is 0 Å². The van der Waals surface area contributed by atoms with Crippen LogP contribution in [0.2, 0.25) is 0 Å². The molecule has 5 heteroatoms. The van der Waals surface area contributed by atoms with Crippen molar-refractivity contribution >= 4 is 22.8 Å². The van der Waals surface area contributed by atoms with E-state index < -0.39 is 0 Å². The third kappa shape index (κ3) is 3.84. The van der Waals surface area contributed by atoms with Gasteiger partial charge in [-0.3, -0.25) is 9.59 Å². The zero-order chi connectivity index (χ0) is 15.2. The lowest BCUT2D eigenvalue weighted by Gasteiger charge is -2.16. The highest BCUT2D eigenvalue weighted by molar-refractivity contribution is 5.84. The summed E-state index contributed by atoms with van der Waals surface area (Å²) >= 11 is 0. The van der Waals surface area contributed by atoms with E-state index in [0.29, 0.717) is 13.2 Å². The van der Waals surface area contributed by atoms with Crippen molar-refractivity contribution in [2.45, 2.75) is 26.2 Å². The van der Waals surface area contributed by atoms with E-state index in [-0.39, 0.29) is 24.2 Å². The molecular formula is C16H20N2O3. The third-order valence-electron chi connectivity index (χ3n) is 3.38. The standard InChI is InChI=1S/C16H20N2O3/c1-3-21-16(20)8-12(9-17-11(2)19)14-10-18-15-7-5-4-6-13(14)15/h4-7,10,12,18H,3,8-9H2,1-2H3,(H,17,19). The number of para-hydroxylation sites is 1. The maximum Gasteiger partial charge on any atom is 0.306 e.